The summed E-state index contributed by atoms with van der Waals surface area (Å²) in [6, 6.07) is 5.78. The van der Waals surface area contributed by atoms with Crippen molar-refractivity contribution in [3.63, 3.8) is 0 Å². The third-order valence-electron chi connectivity index (χ3n) is 7.35. The summed E-state index contributed by atoms with van der Waals surface area (Å²) in [5.41, 5.74) is 1.16. The van der Waals surface area contributed by atoms with Gasteiger partial charge in [0.25, 0.3) is 5.91 Å². The zero-order valence-electron chi connectivity index (χ0n) is 20.2. The number of aromatic amines is 1. The van der Waals surface area contributed by atoms with Crippen LogP contribution < -0.4 is 20.7 Å². The van der Waals surface area contributed by atoms with E-state index in [4.69, 9.17) is 4.74 Å². The summed E-state index contributed by atoms with van der Waals surface area (Å²) in [7, 11) is 1.59. The Morgan fingerprint density at radius 1 is 1.14 bits per heavy atom. The molecule has 1 aliphatic heterocycles. The topological polar surface area (TPSA) is 133 Å². The Labute approximate surface area is 205 Å². The third-order valence-corrected chi connectivity index (χ3v) is 7.35. The van der Waals surface area contributed by atoms with E-state index in [-0.39, 0.29) is 17.7 Å². The van der Waals surface area contributed by atoms with Gasteiger partial charge >= 0.3 is 0 Å². The lowest BCUT2D eigenvalue weighted by Crippen LogP contribution is -2.51. The quantitative estimate of drug-likeness (QED) is 0.329. The van der Waals surface area contributed by atoms with Gasteiger partial charge in [0, 0.05) is 16.8 Å². The maximum Gasteiger partial charge on any atom is 0.268 e. The first kappa shape index (κ1) is 25.2. The molecule has 5 N–H and O–H groups in total. The zero-order chi connectivity index (χ0) is 24.8. The summed E-state index contributed by atoms with van der Waals surface area (Å²) in [6.45, 7) is 0.683. The van der Waals surface area contributed by atoms with E-state index in [1.165, 1.54) is 6.42 Å². The van der Waals surface area contributed by atoms with Gasteiger partial charge in [-0.2, -0.15) is 0 Å². The number of carbonyl (C=O) groups excluding carboxylic acids is 3. The Balaban J connectivity index is 1.46. The van der Waals surface area contributed by atoms with Gasteiger partial charge in [0.05, 0.1) is 13.2 Å². The van der Waals surface area contributed by atoms with E-state index in [9.17, 15) is 19.5 Å². The van der Waals surface area contributed by atoms with Gasteiger partial charge in [-0.25, -0.2) is 0 Å². The Hall–Kier alpha value is -2.91. The molecule has 1 saturated carbocycles. The van der Waals surface area contributed by atoms with Crippen LogP contribution >= 0.6 is 0 Å². The Kier molecular flexibility index (Phi) is 8.41. The minimum atomic E-state index is -0.749. The van der Waals surface area contributed by atoms with E-state index in [0.29, 0.717) is 43.0 Å². The van der Waals surface area contributed by atoms with E-state index in [0.717, 1.165) is 43.0 Å². The number of nitrogens with one attached hydrogen (secondary N) is 4. The van der Waals surface area contributed by atoms with Crippen LogP contribution in [0.2, 0.25) is 0 Å². The van der Waals surface area contributed by atoms with Crippen LogP contribution in [0, 0.1) is 11.8 Å². The van der Waals surface area contributed by atoms with Crippen LogP contribution in [0.25, 0.3) is 10.9 Å². The largest absolute Gasteiger partial charge is 0.497 e. The molecule has 4 rings (SSSR count). The van der Waals surface area contributed by atoms with Crippen LogP contribution in [-0.2, 0) is 9.59 Å². The SMILES string of the molecule is COc1ccc2[nH]c(C(=O)N[C@@H](CC3CCCCC3)C(=O)N[C@H](C=O)C[C@@H]3CCNC3O)cc2c1. The molecule has 1 aliphatic carbocycles. The average molecular weight is 485 g/mol. The molecule has 4 atom stereocenters. The van der Waals surface area contributed by atoms with Crippen molar-refractivity contribution in [3.8, 4) is 5.75 Å². The number of hydrogen-bond donors (Lipinski definition) is 5. The first-order chi connectivity index (χ1) is 17.0. The van der Waals surface area contributed by atoms with Crippen LogP contribution in [0.1, 0.15) is 61.9 Å². The minimum Gasteiger partial charge on any atom is -0.497 e. The third kappa shape index (κ3) is 6.41. The summed E-state index contributed by atoms with van der Waals surface area (Å²) < 4.78 is 5.26. The molecule has 2 amide bonds. The number of rotatable bonds is 10. The lowest BCUT2D eigenvalue weighted by atomic mass is 9.84. The molecule has 1 aromatic carbocycles. The highest BCUT2D eigenvalue weighted by atomic mass is 16.5. The predicted octanol–water partition coefficient (Wildman–Crippen LogP) is 2.25. The van der Waals surface area contributed by atoms with Crippen LogP contribution in [0.4, 0.5) is 0 Å². The van der Waals surface area contributed by atoms with Crippen LogP contribution in [0.15, 0.2) is 24.3 Å². The van der Waals surface area contributed by atoms with Crippen molar-refractivity contribution in [2.45, 2.75) is 69.7 Å². The Morgan fingerprint density at radius 2 is 1.94 bits per heavy atom. The second kappa shape index (κ2) is 11.7. The molecule has 35 heavy (non-hydrogen) atoms. The molecular formula is C26H36N4O5. The van der Waals surface area contributed by atoms with E-state index < -0.39 is 18.3 Å². The monoisotopic (exact) mass is 484 g/mol. The second-order valence-corrected chi connectivity index (χ2v) is 9.84. The van der Waals surface area contributed by atoms with Crippen LogP contribution in [0.5, 0.6) is 5.75 Å². The number of aliphatic hydroxyl groups excluding tert-OH is 1. The molecule has 2 aromatic rings. The van der Waals surface area contributed by atoms with Crippen molar-refractivity contribution >= 4 is 29.0 Å². The molecule has 0 radical (unpaired) electrons. The maximum atomic E-state index is 13.3. The maximum absolute atomic E-state index is 13.3. The Bertz CT molecular complexity index is 1030. The van der Waals surface area contributed by atoms with Gasteiger partial charge in [0.2, 0.25) is 5.91 Å². The number of aromatic nitrogens is 1. The number of ether oxygens (including phenoxy) is 1. The van der Waals surface area contributed by atoms with E-state index in [2.05, 4.69) is 20.9 Å². The molecular weight excluding hydrogens is 448 g/mol. The van der Waals surface area contributed by atoms with Crippen LogP contribution in [0.3, 0.4) is 0 Å². The van der Waals surface area contributed by atoms with Crippen LogP contribution in [-0.4, -0.2) is 60.2 Å². The van der Waals surface area contributed by atoms with Gasteiger partial charge in [0.1, 0.15) is 30.0 Å². The molecule has 2 aliphatic rings. The number of H-pyrrole nitrogens is 1. The number of hydrogen-bond acceptors (Lipinski definition) is 6. The van der Waals surface area contributed by atoms with E-state index in [1.54, 1.807) is 13.2 Å². The fourth-order valence-corrected chi connectivity index (χ4v) is 5.33. The molecule has 9 nitrogen and oxygen atoms in total. The fraction of sp³-hybridized carbons (Fsp3) is 0.577. The number of carbonyl (C=O) groups is 3. The number of fused-ring (bicyclic) bond motifs is 1. The second-order valence-electron chi connectivity index (χ2n) is 9.84. The van der Waals surface area contributed by atoms with Gasteiger partial charge in [-0.05, 0) is 56.0 Å². The number of aliphatic hydroxyl groups is 1. The molecule has 190 valence electrons. The molecule has 9 heteroatoms. The van der Waals surface area contributed by atoms with Gasteiger partial charge in [0.15, 0.2) is 0 Å². The van der Waals surface area contributed by atoms with Crippen molar-refractivity contribution in [1.82, 2.24) is 20.9 Å². The lowest BCUT2D eigenvalue weighted by Gasteiger charge is -2.28. The van der Waals surface area contributed by atoms with Crippen molar-refractivity contribution in [3.05, 3.63) is 30.0 Å². The molecule has 0 spiro atoms. The standard InChI is InChI=1S/C26H36N4O5/c1-35-20-7-8-21-18(13-20)14-23(29-21)26(34)30-22(11-16-5-3-2-4-6-16)25(33)28-19(15-31)12-17-9-10-27-24(17)32/h7-8,13-17,19,22,24,27,29,32H,2-6,9-12H2,1H3,(H,28,33)(H,30,34)/t17-,19-,22-,24?/m0/s1. The number of benzene rings is 1. The number of methoxy groups -OCH3 is 1. The van der Waals surface area contributed by atoms with Gasteiger partial charge < -0.3 is 30.3 Å². The van der Waals surface area contributed by atoms with Gasteiger partial charge in [-0.15, -0.1) is 0 Å². The lowest BCUT2D eigenvalue weighted by molar-refractivity contribution is -0.126. The number of aldehydes is 1. The first-order valence-electron chi connectivity index (χ1n) is 12.6. The zero-order valence-corrected chi connectivity index (χ0v) is 20.2. The fourth-order valence-electron chi connectivity index (χ4n) is 5.33. The highest BCUT2D eigenvalue weighted by Gasteiger charge is 2.31. The summed E-state index contributed by atoms with van der Waals surface area (Å²) in [4.78, 5) is 41.2. The molecule has 1 aromatic heterocycles. The van der Waals surface area contributed by atoms with E-state index in [1.807, 2.05) is 18.2 Å². The highest BCUT2D eigenvalue weighted by Crippen LogP contribution is 2.28. The predicted molar refractivity (Wildman–Crippen MR) is 132 cm³/mol. The molecule has 2 fully saturated rings. The first-order valence-corrected chi connectivity index (χ1v) is 12.6. The summed E-state index contributed by atoms with van der Waals surface area (Å²) in [5, 5.41) is 19.5. The molecule has 1 unspecified atom stereocenters. The molecule has 2 heterocycles. The van der Waals surface area contributed by atoms with Crippen molar-refractivity contribution in [2.75, 3.05) is 13.7 Å². The average Bonchev–Trinajstić information content (AvgIpc) is 3.49. The van der Waals surface area contributed by atoms with Gasteiger partial charge in [-0.1, -0.05) is 32.1 Å². The summed E-state index contributed by atoms with van der Waals surface area (Å²) >= 11 is 0. The molecule has 1 saturated heterocycles. The van der Waals surface area contributed by atoms with Gasteiger partial charge in [-0.3, -0.25) is 14.9 Å². The molecule has 0 bridgehead atoms. The minimum absolute atomic E-state index is 0.0970. The smallest absolute Gasteiger partial charge is 0.268 e. The van der Waals surface area contributed by atoms with E-state index >= 15 is 0 Å². The highest BCUT2D eigenvalue weighted by molar-refractivity contribution is 6.00. The summed E-state index contributed by atoms with van der Waals surface area (Å²) in [6.07, 6.45) is 7.19. The Morgan fingerprint density at radius 3 is 2.63 bits per heavy atom. The van der Waals surface area contributed by atoms with Crippen molar-refractivity contribution < 1.29 is 24.2 Å². The van der Waals surface area contributed by atoms with Crippen molar-refractivity contribution in [1.29, 1.82) is 0 Å². The van der Waals surface area contributed by atoms with Crippen molar-refractivity contribution in [2.24, 2.45) is 11.8 Å². The summed E-state index contributed by atoms with van der Waals surface area (Å²) in [5.74, 6) is 0.219. The number of amides is 2. The normalized spacial score (nSPS) is 22.5.